The van der Waals surface area contributed by atoms with Crippen LogP contribution in [0.4, 0.5) is 0 Å². The van der Waals surface area contributed by atoms with Crippen molar-refractivity contribution < 1.29 is 14.3 Å². The second-order valence-corrected chi connectivity index (χ2v) is 6.15. The molecule has 1 aliphatic heterocycles. The molecule has 0 aromatic heterocycles. The Morgan fingerprint density at radius 2 is 2.21 bits per heavy atom. The van der Waals surface area contributed by atoms with Crippen molar-refractivity contribution in [3.8, 4) is 0 Å². The first-order valence-electron chi connectivity index (χ1n) is 6.80. The maximum Gasteiger partial charge on any atom is 0.325 e. The summed E-state index contributed by atoms with van der Waals surface area (Å²) < 4.78 is 4.93. The average molecular weight is 288 g/mol. The molecule has 0 bridgehead atoms. The van der Waals surface area contributed by atoms with Crippen molar-refractivity contribution in [3.05, 3.63) is 0 Å². The van der Waals surface area contributed by atoms with E-state index in [4.69, 9.17) is 4.74 Å². The quantitative estimate of drug-likeness (QED) is 0.731. The van der Waals surface area contributed by atoms with Crippen LogP contribution in [-0.4, -0.2) is 60.6 Å². The number of hydrogen-bond donors (Lipinski definition) is 1. The van der Waals surface area contributed by atoms with E-state index in [1.165, 1.54) is 0 Å². The van der Waals surface area contributed by atoms with Crippen LogP contribution in [0.3, 0.4) is 0 Å². The highest BCUT2D eigenvalue weighted by atomic mass is 32.2. The fraction of sp³-hybridized carbons (Fsp3) is 0.846. The van der Waals surface area contributed by atoms with Crippen LogP contribution in [0.2, 0.25) is 0 Å². The van der Waals surface area contributed by atoms with Gasteiger partial charge in [0.1, 0.15) is 6.54 Å². The van der Waals surface area contributed by atoms with Gasteiger partial charge in [-0.25, -0.2) is 0 Å². The van der Waals surface area contributed by atoms with E-state index in [9.17, 15) is 9.59 Å². The first-order chi connectivity index (χ1) is 9.04. The Morgan fingerprint density at radius 1 is 1.47 bits per heavy atom. The van der Waals surface area contributed by atoms with Crippen molar-refractivity contribution in [2.45, 2.75) is 26.8 Å². The van der Waals surface area contributed by atoms with Gasteiger partial charge in [-0.1, -0.05) is 13.8 Å². The molecule has 0 aromatic rings. The highest BCUT2D eigenvalue weighted by molar-refractivity contribution is 7.99. The summed E-state index contributed by atoms with van der Waals surface area (Å²) in [7, 11) is 0. The molecule has 0 aliphatic carbocycles. The fourth-order valence-electron chi connectivity index (χ4n) is 1.98. The molecular formula is C13H24N2O3S. The molecule has 1 saturated heterocycles. The normalized spacial score (nSPS) is 19.3. The molecule has 5 nitrogen and oxygen atoms in total. The van der Waals surface area contributed by atoms with Crippen molar-refractivity contribution in [3.63, 3.8) is 0 Å². The van der Waals surface area contributed by atoms with Gasteiger partial charge in [0.2, 0.25) is 5.91 Å². The van der Waals surface area contributed by atoms with Gasteiger partial charge in [-0.15, -0.1) is 0 Å². The van der Waals surface area contributed by atoms with Crippen molar-refractivity contribution in [1.82, 2.24) is 10.2 Å². The molecule has 1 aliphatic rings. The molecule has 0 saturated carbocycles. The third kappa shape index (κ3) is 5.82. The maximum absolute atomic E-state index is 12.4. The minimum absolute atomic E-state index is 0.00829. The molecule has 0 radical (unpaired) electrons. The summed E-state index contributed by atoms with van der Waals surface area (Å²) in [6.45, 7) is 7.67. The number of esters is 1. The molecule has 6 heteroatoms. The molecule has 1 fully saturated rings. The van der Waals surface area contributed by atoms with Gasteiger partial charge in [-0.3, -0.25) is 9.59 Å². The first-order valence-corrected chi connectivity index (χ1v) is 7.95. The predicted molar refractivity (Wildman–Crippen MR) is 77.2 cm³/mol. The number of ether oxygens (including phenoxy) is 1. The third-order valence-electron chi connectivity index (χ3n) is 2.74. The third-order valence-corrected chi connectivity index (χ3v) is 3.80. The van der Waals surface area contributed by atoms with Crippen LogP contribution in [0.25, 0.3) is 0 Å². The van der Waals surface area contributed by atoms with E-state index in [1.807, 2.05) is 13.8 Å². The summed E-state index contributed by atoms with van der Waals surface area (Å²) in [5.41, 5.74) is 0. The monoisotopic (exact) mass is 288 g/mol. The van der Waals surface area contributed by atoms with Crippen molar-refractivity contribution >= 4 is 23.6 Å². The number of hydrogen-bond acceptors (Lipinski definition) is 5. The number of nitrogens with one attached hydrogen (secondary N) is 1. The Bertz CT molecular complexity index is 304. The standard InChI is InChI=1S/C13H24N2O3S/c1-4-18-12(16)8-15(7-10(2)3)13(17)11-9-19-6-5-14-11/h10-11,14H,4-9H2,1-3H3. The van der Waals surface area contributed by atoms with Gasteiger partial charge in [0.25, 0.3) is 0 Å². The van der Waals surface area contributed by atoms with E-state index in [-0.39, 0.29) is 24.5 Å². The highest BCUT2D eigenvalue weighted by Gasteiger charge is 2.27. The topological polar surface area (TPSA) is 58.6 Å². The van der Waals surface area contributed by atoms with Crippen LogP contribution < -0.4 is 5.32 Å². The lowest BCUT2D eigenvalue weighted by Gasteiger charge is -2.30. The molecule has 19 heavy (non-hydrogen) atoms. The largest absolute Gasteiger partial charge is 0.465 e. The minimum atomic E-state index is -0.333. The van der Waals surface area contributed by atoms with Crippen LogP contribution in [0.1, 0.15) is 20.8 Å². The summed E-state index contributed by atoms with van der Waals surface area (Å²) >= 11 is 1.77. The summed E-state index contributed by atoms with van der Waals surface area (Å²) in [6.07, 6.45) is 0. The van der Waals surface area contributed by atoms with Gasteiger partial charge in [-0.05, 0) is 12.8 Å². The van der Waals surface area contributed by atoms with E-state index in [2.05, 4.69) is 5.32 Å². The molecule has 1 heterocycles. The van der Waals surface area contributed by atoms with Gasteiger partial charge in [-0.2, -0.15) is 11.8 Å². The van der Waals surface area contributed by atoms with Crippen LogP contribution in [-0.2, 0) is 14.3 Å². The zero-order valence-electron chi connectivity index (χ0n) is 12.0. The molecule has 1 unspecified atom stereocenters. The van der Waals surface area contributed by atoms with Crippen LogP contribution in [0.5, 0.6) is 0 Å². The lowest BCUT2D eigenvalue weighted by Crippen LogP contribution is -2.52. The Morgan fingerprint density at radius 3 is 2.74 bits per heavy atom. The summed E-state index contributed by atoms with van der Waals surface area (Å²) in [5, 5.41) is 3.21. The Balaban J connectivity index is 2.60. The molecule has 0 spiro atoms. The molecule has 0 aromatic carbocycles. The van der Waals surface area contributed by atoms with Crippen LogP contribution >= 0.6 is 11.8 Å². The lowest BCUT2D eigenvalue weighted by molar-refractivity contribution is -0.149. The average Bonchev–Trinajstić information content (AvgIpc) is 2.38. The number of nitrogens with zero attached hydrogens (tertiary/aromatic N) is 1. The fourth-order valence-corrected chi connectivity index (χ4v) is 2.91. The Kier molecular flexibility index (Phi) is 7.23. The molecule has 1 amide bonds. The SMILES string of the molecule is CCOC(=O)CN(CC(C)C)C(=O)C1CSCCN1. The van der Waals surface area contributed by atoms with E-state index >= 15 is 0 Å². The van der Waals surface area contributed by atoms with E-state index in [0.29, 0.717) is 19.1 Å². The first kappa shape index (κ1) is 16.3. The number of carbonyl (C=O) groups is 2. The summed E-state index contributed by atoms with van der Waals surface area (Å²) in [4.78, 5) is 25.6. The van der Waals surface area contributed by atoms with E-state index < -0.39 is 0 Å². The minimum Gasteiger partial charge on any atom is -0.465 e. The van der Waals surface area contributed by atoms with Crippen molar-refractivity contribution in [2.24, 2.45) is 5.92 Å². The van der Waals surface area contributed by atoms with Gasteiger partial charge in [0, 0.05) is 24.6 Å². The number of amides is 1. The Labute approximate surface area is 119 Å². The second-order valence-electron chi connectivity index (χ2n) is 5.00. The molecule has 1 atom stereocenters. The summed E-state index contributed by atoms with van der Waals surface area (Å²) in [6, 6.07) is -0.174. The maximum atomic E-state index is 12.4. The molecule has 110 valence electrons. The lowest BCUT2D eigenvalue weighted by atomic mass is 10.2. The van der Waals surface area contributed by atoms with Crippen LogP contribution in [0, 0.1) is 5.92 Å². The Hall–Kier alpha value is -0.750. The second kappa shape index (κ2) is 8.43. The summed E-state index contributed by atoms with van der Waals surface area (Å²) in [5.74, 6) is 1.81. The zero-order valence-corrected chi connectivity index (χ0v) is 12.8. The predicted octanol–water partition coefficient (Wildman–Crippen LogP) is 0.739. The van der Waals surface area contributed by atoms with Gasteiger partial charge in [0.15, 0.2) is 0 Å². The zero-order chi connectivity index (χ0) is 14.3. The molecule has 1 rings (SSSR count). The number of thioether (sulfide) groups is 1. The van der Waals surface area contributed by atoms with Crippen LogP contribution in [0.15, 0.2) is 0 Å². The number of rotatable bonds is 6. The van der Waals surface area contributed by atoms with Gasteiger partial charge >= 0.3 is 5.97 Å². The van der Waals surface area contributed by atoms with E-state index in [1.54, 1.807) is 23.6 Å². The molecular weight excluding hydrogens is 264 g/mol. The molecule has 1 N–H and O–H groups in total. The number of carbonyl (C=O) groups excluding carboxylic acids is 2. The van der Waals surface area contributed by atoms with Gasteiger partial charge < -0.3 is 15.0 Å². The van der Waals surface area contributed by atoms with Gasteiger partial charge in [0.05, 0.1) is 12.6 Å². The van der Waals surface area contributed by atoms with E-state index in [0.717, 1.165) is 18.1 Å². The van der Waals surface area contributed by atoms with Crippen molar-refractivity contribution in [1.29, 1.82) is 0 Å². The smallest absolute Gasteiger partial charge is 0.325 e. The highest BCUT2D eigenvalue weighted by Crippen LogP contribution is 2.11. The van der Waals surface area contributed by atoms with Crippen molar-refractivity contribution in [2.75, 3.05) is 37.7 Å².